The molecule has 3 saturated carbocycles. The first-order chi connectivity index (χ1) is 12.0. The lowest BCUT2D eigenvalue weighted by Crippen LogP contribution is -2.43. The first-order valence-electron chi connectivity index (χ1n) is 9.68. The van der Waals surface area contributed by atoms with E-state index in [0.717, 1.165) is 38.5 Å². The number of hydrogen-bond acceptors (Lipinski definition) is 5. The molecule has 0 amide bonds. The Bertz CT molecular complexity index is 530. The summed E-state index contributed by atoms with van der Waals surface area (Å²) in [6.07, 6.45) is 7.43. The minimum absolute atomic E-state index is 0.186. The van der Waals surface area contributed by atoms with Gasteiger partial charge in [-0.2, -0.15) is 0 Å². The maximum absolute atomic E-state index is 12.7. The Balaban J connectivity index is 1.65. The van der Waals surface area contributed by atoms with Gasteiger partial charge in [-0.05, 0) is 44.4 Å². The molecule has 5 heteroatoms. The van der Waals surface area contributed by atoms with Crippen molar-refractivity contribution in [2.24, 2.45) is 23.7 Å². The lowest BCUT2D eigenvalue weighted by molar-refractivity contribution is -0.185. The molecular weight excluding hydrogens is 320 g/mol. The largest absolute Gasteiger partial charge is 0.456 e. The summed E-state index contributed by atoms with van der Waals surface area (Å²) in [5.41, 5.74) is -0.493. The molecule has 6 unspecified atom stereocenters. The molecule has 2 bridgehead atoms. The lowest BCUT2D eigenvalue weighted by atomic mass is 9.74. The van der Waals surface area contributed by atoms with Crippen molar-refractivity contribution < 1.29 is 23.8 Å². The van der Waals surface area contributed by atoms with Gasteiger partial charge < -0.3 is 14.2 Å². The molecule has 3 rings (SSSR count). The van der Waals surface area contributed by atoms with Gasteiger partial charge in [-0.25, -0.2) is 4.79 Å². The predicted octanol–water partition coefficient (Wildman–Crippen LogP) is 3.62. The first-order valence-corrected chi connectivity index (χ1v) is 9.68. The van der Waals surface area contributed by atoms with Gasteiger partial charge in [-0.1, -0.05) is 26.3 Å². The Kier molecular flexibility index (Phi) is 5.52. The van der Waals surface area contributed by atoms with Gasteiger partial charge in [0.15, 0.2) is 6.29 Å². The summed E-state index contributed by atoms with van der Waals surface area (Å²) in [6.45, 7) is 7.98. The molecule has 0 aromatic heterocycles. The average molecular weight is 350 g/mol. The van der Waals surface area contributed by atoms with Gasteiger partial charge in [0.2, 0.25) is 0 Å². The van der Waals surface area contributed by atoms with Crippen molar-refractivity contribution in [3.05, 3.63) is 12.7 Å². The van der Waals surface area contributed by atoms with Crippen LogP contribution in [-0.4, -0.2) is 30.4 Å². The highest BCUT2D eigenvalue weighted by molar-refractivity contribution is 5.82. The van der Waals surface area contributed by atoms with E-state index in [2.05, 4.69) is 13.5 Å². The molecule has 0 aliphatic heterocycles. The van der Waals surface area contributed by atoms with Crippen molar-refractivity contribution in [1.29, 1.82) is 0 Å². The number of ether oxygens (including phenoxy) is 3. The van der Waals surface area contributed by atoms with Crippen LogP contribution in [0.1, 0.15) is 58.8 Å². The highest BCUT2D eigenvalue weighted by Gasteiger charge is 2.66. The van der Waals surface area contributed by atoms with Crippen molar-refractivity contribution in [1.82, 2.24) is 0 Å². The van der Waals surface area contributed by atoms with Crippen molar-refractivity contribution in [3.8, 4) is 0 Å². The topological polar surface area (TPSA) is 61.8 Å². The van der Waals surface area contributed by atoms with Crippen LogP contribution in [0.5, 0.6) is 0 Å². The van der Waals surface area contributed by atoms with Gasteiger partial charge in [0.1, 0.15) is 5.60 Å². The van der Waals surface area contributed by atoms with Crippen LogP contribution >= 0.6 is 0 Å². The molecule has 3 aliphatic carbocycles. The van der Waals surface area contributed by atoms with E-state index in [0.29, 0.717) is 24.9 Å². The Morgan fingerprint density at radius 3 is 2.80 bits per heavy atom. The normalized spacial score (nSPS) is 36.7. The third-order valence-electron chi connectivity index (χ3n) is 6.36. The summed E-state index contributed by atoms with van der Waals surface area (Å²) in [7, 11) is 0. The fourth-order valence-corrected chi connectivity index (χ4v) is 5.39. The number of unbranched alkanes of at least 4 members (excludes halogenated alkanes) is 1. The van der Waals surface area contributed by atoms with Gasteiger partial charge in [0.25, 0.3) is 0 Å². The highest BCUT2D eigenvalue weighted by Crippen LogP contribution is 2.64. The van der Waals surface area contributed by atoms with E-state index in [1.807, 2.05) is 0 Å². The third-order valence-corrected chi connectivity index (χ3v) is 6.36. The van der Waals surface area contributed by atoms with E-state index >= 15 is 0 Å². The first kappa shape index (κ1) is 18.4. The average Bonchev–Trinajstić information content (AvgIpc) is 3.26. The van der Waals surface area contributed by atoms with Gasteiger partial charge in [0, 0.05) is 18.4 Å². The molecule has 3 aliphatic rings. The molecule has 0 heterocycles. The minimum Gasteiger partial charge on any atom is -0.456 e. The number of carbonyl (C=O) groups excluding carboxylic acids is 2. The van der Waals surface area contributed by atoms with Crippen LogP contribution in [0.4, 0.5) is 0 Å². The molecule has 25 heavy (non-hydrogen) atoms. The fraction of sp³-hybridized carbons (Fsp3) is 0.800. The summed E-state index contributed by atoms with van der Waals surface area (Å²) in [5, 5.41) is 0. The molecule has 0 aromatic carbocycles. The Hall–Kier alpha value is -1.36. The predicted molar refractivity (Wildman–Crippen MR) is 92.5 cm³/mol. The summed E-state index contributed by atoms with van der Waals surface area (Å²) in [6, 6.07) is 0. The Labute approximate surface area is 150 Å². The lowest BCUT2D eigenvalue weighted by Gasteiger charge is -2.37. The zero-order valence-corrected chi connectivity index (χ0v) is 15.4. The van der Waals surface area contributed by atoms with E-state index in [1.54, 1.807) is 6.92 Å². The maximum Gasteiger partial charge on any atom is 0.330 e. The zero-order chi connectivity index (χ0) is 18.0. The molecule has 0 aromatic rings. The van der Waals surface area contributed by atoms with E-state index in [4.69, 9.17) is 14.2 Å². The van der Waals surface area contributed by atoms with Crippen LogP contribution in [0.25, 0.3) is 0 Å². The number of carbonyl (C=O) groups is 2. The smallest absolute Gasteiger partial charge is 0.330 e. The third kappa shape index (κ3) is 3.48. The number of rotatable bonds is 8. The molecular formula is C20H30O5. The van der Waals surface area contributed by atoms with Gasteiger partial charge in [0.05, 0.1) is 12.5 Å². The Morgan fingerprint density at radius 2 is 2.08 bits per heavy atom. The summed E-state index contributed by atoms with van der Waals surface area (Å²) < 4.78 is 16.9. The van der Waals surface area contributed by atoms with Crippen molar-refractivity contribution >= 4 is 11.9 Å². The number of fused-ring (bicyclic) bond motifs is 5. The van der Waals surface area contributed by atoms with Crippen molar-refractivity contribution in [2.75, 3.05) is 6.61 Å². The van der Waals surface area contributed by atoms with Crippen molar-refractivity contribution in [2.45, 2.75) is 70.7 Å². The van der Waals surface area contributed by atoms with Gasteiger partial charge in [-0.3, -0.25) is 4.79 Å². The molecule has 0 N–H and O–H groups in total. The van der Waals surface area contributed by atoms with E-state index < -0.39 is 11.9 Å². The van der Waals surface area contributed by atoms with E-state index in [1.165, 1.54) is 6.08 Å². The van der Waals surface area contributed by atoms with E-state index in [-0.39, 0.29) is 23.8 Å². The van der Waals surface area contributed by atoms with Crippen LogP contribution in [0.2, 0.25) is 0 Å². The quantitative estimate of drug-likeness (QED) is 0.290. The van der Waals surface area contributed by atoms with Crippen LogP contribution in [0.15, 0.2) is 12.7 Å². The molecule has 5 nitrogen and oxygen atoms in total. The SMILES string of the molecule is C=CC(=O)OC12CC(C(=O)OC(C)OCCCC)C(C1)C1CCCC12. The zero-order valence-electron chi connectivity index (χ0n) is 15.4. The van der Waals surface area contributed by atoms with Crippen molar-refractivity contribution in [3.63, 3.8) is 0 Å². The molecule has 140 valence electrons. The van der Waals surface area contributed by atoms with E-state index in [9.17, 15) is 9.59 Å². The van der Waals surface area contributed by atoms with Crippen LogP contribution < -0.4 is 0 Å². The van der Waals surface area contributed by atoms with Crippen LogP contribution in [-0.2, 0) is 23.8 Å². The summed E-state index contributed by atoms with van der Waals surface area (Å²) in [5.74, 6) is 0.367. The number of esters is 2. The summed E-state index contributed by atoms with van der Waals surface area (Å²) >= 11 is 0. The second-order valence-corrected chi connectivity index (χ2v) is 7.80. The van der Waals surface area contributed by atoms with Gasteiger partial charge in [-0.15, -0.1) is 0 Å². The second-order valence-electron chi connectivity index (χ2n) is 7.80. The Morgan fingerprint density at radius 1 is 1.28 bits per heavy atom. The highest BCUT2D eigenvalue weighted by atomic mass is 16.7. The monoisotopic (exact) mass is 350 g/mol. The number of hydrogen-bond donors (Lipinski definition) is 0. The standard InChI is InChI=1S/C20H30O5/c1-4-6-10-23-13(3)24-19(22)16-12-20(25-18(21)5-2)11-15(16)14-8-7-9-17(14)20/h5,13-17H,2,4,6-12H2,1,3H3. The second kappa shape index (κ2) is 7.48. The molecule has 0 spiro atoms. The van der Waals surface area contributed by atoms with Gasteiger partial charge >= 0.3 is 11.9 Å². The maximum atomic E-state index is 12.7. The van der Waals surface area contributed by atoms with Crippen LogP contribution in [0, 0.1) is 23.7 Å². The fourth-order valence-electron chi connectivity index (χ4n) is 5.39. The molecule has 0 saturated heterocycles. The molecule has 3 fully saturated rings. The molecule has 6 atom stereocenters. The molecule has 0 radical (unpaired) electrons. The summed E-state index contributed by atoms with van der Waals surface area (Å²) in [4.78, 5) is 24.6. The minimum atomic E-state index is -0.524. The van der Waals surface area contributed by atoms with Crippen LogP contribution in [0.3, 0.4) is 0 Å².